The van der Waals surface area contributed by atoms with E-state index in [0.717, 1.165) is 5.69 Å². The van der Waals surface area contributed by atoms with Gasteiger partial charge >= 0.3 is 0 Å². The molecular weight excluding hydrogens is 184 g/mol. The first-order chi connectivity index (χ1) is 7.18. The molecule has 0 saturated heterocycles. The summed E-state index contributed by atoms with van der Waals surface area (Å²) in [6.45, 7) is 6.43. The molecule has 1 heterocycles. The predicted octanol–water partition coefficient (Wildman–Crippen LogP) is 3.44. The molecule has 0 spiro atoms. The lowest BCUT2D eigenvalue weighted by Crippen LogP contribution is -1.95. The minimum atomic E-state index is 0.468. The van der Waals surface area contributed by atoms with Gasteiger partial charge in [-0.15, -0.1) is 0 Å². The number of aryl methyl sites for hydroxylation is 1. The van der Waals surface area contributed by atoms with Crippen LogP contribution in [0.3, 0.4) is 0 Å². The Hall–Kier alpha value is -1.57. The topological polar surface area (TPSA) is 17.8 Å². The van der Waals surface area contributed by atoms with Crippen molar-refractivity contribution in [2.45, 2.75) is 26.8 Å². The zero-order valence-electron chi connectivity index (χ0n) is 9.44. The monoisotopic (exact) mass is 200 g/mol. The van der Waals surface area contributed by atoms with Crippen molar-refractivity contribution in [1.82, 2.24) is 9.55 Å². The molecule has 0 aliphatic carbocycles. The molecule has 0 aliphatic heterocycles. The molecule has 0 N–H and O–H groups in total. The van der Waals surface area contributed by atoms with E-state index in [4.69, 9.17) is 0 Å². The van der Waals surface area contributed by atoms with Crippen molar-refractivity contribution in [3.63, 3.8) is 0 Å². The Kier molecular flexibility index (Phi) is 2.58. The van der Waals surface area contributed by atoms with Crippen molar-refractivity contribution in [1.29, 1.82) is 0 Å². The highest BCUT2D eigenvalue weighted by molar-refractivity contribution is 5.62. The number of benzene rings is 1. The fourth-order valence-corrected chi connectivity index (χ4v) is 1.62. The average Bonchev–Trinajstić information content (AvgIpc) is 2.67. The van der Waals surface area contributed by atoms with E-state index in [-0.39, 0.29) is 0 Å². The van der Waals surface area contributed by atoms with Crippen molar-refractivity contribution in [3.8, 4) is 11.3 Å². The molecule has 0 bridgehead atoms. The van der Waals surface area contributed by atoms with Crippen LogP contribution in [0.2, 0.25) is 0 Å². The molecule has 2 aromatic rings. The van der Waals surface area contributed by atoms with Crippen molar-refractivity contribution in [2.75, 3.05) is 0 Å². The van der Waals surface area contributed by atoms with Crippen molar-refractivity contribution in [3.05, 3.63) is 42.4 Å². The Morgan fingerprint density at radius 1 is 1.20 bits per heavy atom. The first kappa shape index (κ1) is 9.97. The van der Waals surface area contributed by atoms with Gasteiger partial charge in [-0.1, -0.05) is 24.3 Å². The van der Waals surface area contributed by atoms with Crippen LogP contribution in [0.25, 0.3) is 11.3 Å². The SMILES string of the molecule is Cc1ccccc1-c1cn(C(C)C)cn1. The standard InChI is InChI=1S/C13H16N2/c1-10(2)15-8-13(14-9-15)12-7-5-4-6-11(12)3/h4-10H,1-3H3. The van der Waals surface area contributed by atoms with Gasteiger partial charge in [0, 0.05) is 17.8 Å². The summed E-state index contributed by atoms with van der Waals surface area (Å²) in [6, 6.07) is 8.80. The Labute approximate surface area is 90.6 Å². The van der Waals surface area contributed by atoms with Gasteiger partial charge < -0.3 is 4.57 Å². The summed E-state index contributed by atoms with van der Waals surface area (Å²) in [5.41, 5.74) is 3.55. The third-order valence-corrected chi connectivity index (χ3v) is 2.62. The lowest BCUT2D eigenvalue weighted by Gasteiger charge is -2.04. The first-order valence-corrected chi connectivity index (χ1v) is 5.28. The third kappa shape index (κ3) is 1.94. The molecule has 1 aromatic carbocycles. The normalized spacial score (nSPS) is 10.9. The predicted molar refractivity (Wildman–Crippen MR) is 62.8 cm³/mol. The fourth-order valence-electron chi connectivity index (χ4n) is 1.62. The quantitative estimate of drug-likeness (QED) is 0.726. The largest absolute Gasteiger partial charge is 0.334 e. The van der Waals surface area contributed by atoms with Gasteiger partial charge in [-0.2, -0.15) is 0 Å². The highest BCUT2D eigenvalue weighted by atomic mass is 15.0. The van der Waals surface area contributed by atoms with Crippen molar-refractivity contribution < 1.29 is 0 Å². The molecule has 0 fully saturated rings. The Bertz CT molecular complexity index is 455. The van der Waals surface area contributed by atoms with Crippen molar-refractivity contribution in [2.24, 2.45) is 0 Å². The maximum Gasteiger partial charge on any atom is 0.0956 e. The number of rotatable bonds is 2. The van der Waals surface area contributed by atoms with Crippen molar-refractivity contribution >= 4 is 0 Å². The molecule has 1 aromatic heterocycles. The Morgan fingerprint density at radius 2 is 1.93 bits per heavy atom. The first-order valence-electron chi connectivity index (χ1n) is 5.28. The lowest BCUT2D eigenvalue weighted by atomic mass is 10.1. The molecule has 0 aliphatic rings. The number of imidazole rings is 1. The van der Waals surface area contributed by atoms with E-state index in [0.29, 0.717) is 6.04 Å². The van der Waals surface area contributed by atoms with Crippen LogP contribution in [-0.2, 0) is 0 Å². The summed E-state index contributed by atoms with van der Waals surface area (Å²) >= 11 is 0. The zero-order chi connectivity index (χ0) is 10.8. The van der Waals surface area contributed by atoms with Gasteiger partial charge in [0.05, 0.1) is 12.0 Å². The molecule has 15 heavy (non-hydrogen) atoms. The van der Waals surface area contributed by atoms with Gasteiger partial charge in [-0.05, 0) is 26.3 Å². The molecule has 0 saturated carbocycles. The summed E-state index contributed by atoms with van der Waals surface area (Å²) in [5, 5.41) is 0. The van der Waals surface area contributed by atoms with Gasteiger partial charge in [0.2, 0.25) is 0 Å². The molecule has 0 unspecified atom stereocenters. The summed E-state index contributed by atoms with van der Waals surface area (Å²) < 4.78 is 2.13. The number of hydrogen-bond acceptors (Lipinski definition) is 1. The molecule has 78 valence electrons. The number of hydrogen-bond donors (Lipinski definition) is 0. The second kappa shape index (κ2) is 3.89. The maximum atomic E-state index is 4.43. The summed E-state index contributed by atoms with van der Waals surface area (Å²) in [4.78, 5) is 4.43. The van der Waals surface area contributed by atoms with E-state index in [2.05, 4.69) is 60.8 Å². The molecule has 2 nitrogen and oxygen atoms in total. The minimum Gasteiger partial charge on any atom is -0.334 e. The maximum absolute atomic E-state index is 4.43. The van der Waals surface area contributed by atoms with E-state index in [1.807, 2.05) is 6.33 Å². The molecule has 0 amide bonds. The van der Waals surface area contributed by atoms with Gasteiger partial charge in [0.15, 0.2) is 0 Å². The van der Waals surface area contributed by atoms with Crippen LogP contribution in [0.4, 0.5) is 0 Å². The average molecular weight is 200 g/mol. The minimum absolute atomic E-state index is 0.468. The van der Waals surface area contributed by atoms with Crippen LogP contribution in [0.15, 0.2) is 36.8 Å². The molecule has 0 radical (unpaired) electrons. The van der Waals surface area contributed by atoms with Gasteiger partial charge in [0.1, 0.15) is 0 Å². The summed E-state index contributed by atoms with van der Waals surface area (Å²) in [7, 11) is 0. The van der Waals surface area contributed by atoms with Crippen LogP contribution in [-0.4, -0.2) is 9.55 Å². The number of aromatic nitrogens is 2. The van der Waals surface area contributed by atoms with Gasteiger partial charge in [-0.25, -0.2) is 4.98 Å². The van der Waals surface area contributed by atoms with E-state index in [9.17, 15) is 0 Å². The summed E-state index contributed by atoms with van der Waals surface area (Å²) in [6.07, 6.45) is 4.00. The van der Waals surface area contributed by atoms with E-state index in [1.54, 1.807) is 0 Å². The Morgan fingerprint density at radius 3 is 2.53 bits per heavy atom. The van der Waals surface area contributed by atoms with Crippen LogP contribution in [0.1, 0.15) is 25.5 Å². The molecule has 2 rings (SSSR count). The van der Waals surface area contributed by atoms with Gasteiger partial charge in [-0.3, -0.25) is 0 Å². The second-order valence-electron chi connectivity index (χ2n) is 4.11. The highest BCUT2D eigenvalue weighted by Gasteiger charge is 2.05. The highest BCUT2D eigenvalue weighted by Crippen LogP contribution is 2.21. The molecular formula is C13H16N2. The fraction of sp³-hybridized carbons (Fsp3) is 0.308. The number of nitrogens with zero attached hydrogens (tertiary/aromatic N) is 2. The van der Waals surface area contributed by atoms with E-state index >= 15 is 0 Å². The summed E-state index contributed by atoms with van der Waals surface area (Å²) in [5.74, 6) is 0. The van der Waals surface area contributed by atoms with E-state index < -0.39 is 0 Å². The van der Waals surface area contributed by atoms with Crippen LogP contribution in [0, 0.1) is 6.92 Å². The second-order valence-corrected chi connectivity index (χ2v) is 4.11. The van der Waals surface area contributed by atoms with Gasteiger partial charge in [0.25, 0.3) is 0 Å². The van der Waals surface area contributed by atoms with Crippen LogP contribution >= 0.6 is 0 Å². The van der Waals surface area contributed by atoms with E-state index in [1.165, 1.54) is 11.1 Å². The Balaban J connectivity index is 2.42. The zero-order valence-corrected chi connectivity index (χ0v) is 9.44. The lowest BCUT2D eigenvalue weighted by molar-refractivity contribution is 0.600. The third-order valence-electron chi connectivity index (χ3n) is 2.62. The van der Waals surface area contributed by atoms with Crippen LogP contribution < -0.4 is 0 Å². The molecule has 0 atom stereocenters. The van der Waals surface area contributed by atoms with Crippen LogP contribution in [0.5, 0.6) is 0 Å². The smallest absolute Gasteiger partial charge is 0.0956 e. The molecule has 2 heteroatoms.